The molecule has 2 aliphatic rings. The van der Waals surface area contributed by atoms with Gasteiger partial charge in [0.1, 0.15) is 5.82 Å². The minimum absolute atomic E-state index is 0.0761. The lowest BCUT2D eigenvalue weighted by molar-refractivity contribution is -0.118. The number of halogens is 1. The Labute approximate surface area is 196 Å². The molecule has 1 atom stereocenters. The molecule has 0 bridgehead atoms. The number of benzene rings is 1. The van der Waals surface area contributed by atoms with E-state index in [4.69, 9.17) is 17.3 Å². The van der Waals surface area contributed by atoms with Gasteiger partial charge in [0.25, 0.3) is 0 Å². The van der Waals surface area contributed by atoms with Crippen LogP contribution in [0.2, 0.25) is 5.02 Å². The second-order valence-electron chi connectivity index (χ2n) is 8.53. The molecule has 2 heterocycles. The van der Waals surface area contributed by atoms with Crippen LogP contribution in [0.15, 0.2) is 62.6 Å². The number of anilines is 1. The zero-order valence-electron chi connectivity index (χ0n) is 17.7. The van der Waals surface area contributed by atoms with Crippen molar-refractivity contribution in [2.75, 3.05) is 10.7 Å². The number of ketones is 1. The smallest absolute Gasteiger partial charge is 0.162 e. The molecule has 31 heavy (non-hydrogen) atoms. The van der Waals surface area contributed by atoms with Gasteiger partial charge in [-0.1, -0.05) is 44.5 Å². The number of para-hydroxylation sites is 1. The number of carbonyl (C=O) groups is 1. The quantitative estimate of drug-likeness (QED) is 0.520. The molecular weight excluding hydrogens is 446 g/mol. The van der Waals surface area contributed by atoms with Crippen molar-refractivity contribution >= 4 is 46.2 Å². The van der Waals surface area contributed by atoms with Crippen molar-refractivity contribution in [2.24, 2.45) is 11.1 Å². The fourth-order valence-electron chi connectivity index (χ4n) is 4.50. The zero-order valence-corrected chi connectivity index (χ0v) is 20.1. The molecule has 4 rings (SSSR count). The average Bonchev–Trinajstić information content (AvgIpc) is 3.15. The van der Waals surface area contributed by atoms with Crippen LogP contribution in [-0.2, 0) is 4.79 Å². The SMILES string of the molecule is CCSc1sccc1[C@@H]1C(C#N)=C(N)N(c2ccccc2Cl)C2=C1C(=O)CC(C)(C)C2. The highest BCUT2D eigenvalue weighted by Crippen LogP contribution is 2.52. The van der Waals surface area contributed by atoms with E-state index in [-0.39, 0.29) is 11.2 Å². The van der Waals surface area contributed by atoms with Crippen molar-refractivity contribution in [1.29, 1.82) is 5.26 Å². The molecule has 2 aromatic rings. The van der Waals surface area contributed by atoms with E-state index in [1.54, 1.807) is 29.2 Å². The molecule has 1 aliphatic heterocycles. The van der Waals surface area contributed by atoms with Crippen molar-refractivity contribution in [2.45, 2.75) is 43.7 Å². The van der Waals surface area contributed by atoms with Crippen molar-refractivity contribution in [1.82, 2.24) is 0 Å². The molecule has 1 aliphatic carbocycles. The van der Waals surface area contributed by atoms with Crippen molar-refractivity contribution < 1.29 is 4.79 Å². The van der Waals surface area contributed by atoms with Crippen molar-refractivity contribution in [3.05, 3.63) is 69.0 Å². The molecule has 7 heteroatoms. The number of thioether (sulfide) groups is 1. The van der Waals surface area contributed by atoms with E-state index in [0.717, 1.165) is 21.2 Å². The largest absolute Gasteiger partial charge is 0.384 e. The van der Waals surface area contributed by atoms with E-state index < -0.39 is 5.92 Å². The van der Waals surface area contributed by atoms with Crippen LogP contribution in [0, 0.1) is 16.7 Å². The molecule has 4 nitrogen and oxygen atoms in total. The number of nitrogens with two attached hydrogens (primary N) is 1. The third-order valence-corrected chi connectivity index (χ3v) is 8.19. The number of allylic oxidation sites excluding steroid dienone is 3. The van der Waals surface area contributed by atoms with Crippen LogP contribution in [0.5, 0.6) is 0 Å². The van der Waals surface area contributed by atoms with Gasteiger partial charge < -0.3 is 5.73 Å². The Bertz CT molecular complexity index is 1160. The van der Waals surface area contributed by atoms with Gasteiger partial charge in [0, 0.05) is 17.7 Å². The Kier molecular flexibility index (Phi) is 5.95. The summed E-state index contributed by atoms with van der Waals surface area (Å²) in [6, 6.07) is 11.8. The Morgan fingerprint density at radius 3 is 2.74 bits per heavy atom. The van der Waals surface area contributed by atoms with Crippen LogP contribution in [0.3, 0.4) is 0 Å². The first-order valence-corrected chi connectivity index (χ1v) is 12.4. The molecule has 0 saturated heterocycles. The minimum Gasteiger partial charge on any atom is -0.384 e. The van der Waals surface area contributed by atoms with Gasteiger partial charge in [0.15, 0.2) is 5.78 Å². The van der Waals surface area contributed by atoms with Crippen molar-refractivity contribution in [3.8, 4) is 6.07 Å². The summed E-state index contributed by atoms with van der Waals surface area (Å²) in [5, 5.41) is 12.7. The van der Waals surface area contributed by atoms with Crippen LogP contribution in [-0.4, -0.2) is 11.5 Å². The van der Waals surface area contributed by atoms with Crippen LogP contribution in [0.4, 0.5) is 5.69 Å². The number of hydrogen-bond donors (Lipinski definition) is 1. The number of hydrogen-bond acceptors (Lipinski definition) is 6. The zero-order chi connectivity index (χ0) is 22.3. The standard InChI is InChI=1S/C24H24ClN3OS2/c1-4-30-23-14(9-10-31-23)20-15(13-26)22(27)28(17-8-6-5-7-16(17)25)18-11-24(2,3)12-19(29)21(18)20/h5-10,20H,4,11-12,27H2,1-3H3/t20-/m1/s1. The fourth-order valence-corrected chi connectivity index (χ4v) is 6.78. The highest BCUT2D eigenvalue weighted by molar-refractivity contribution is 8.01. The summed E-state index contributed by atoms with van der Waals surface area (Å²) in [5.41, 5.74) is 10.1. The number of rotatable bonds is 4. The number of Topliss-reactive ketones (excluding diaryl/α,β-unsaturated/α-hetero) is 1. The summed E-state index contributed by atoms with van der Waals surface area (Å²) in [5.74, 6) is 0.901. The molecular formula is C24H24ClN3OS2. The van der Waals surface area contributed by atoms with E-state index in [1.807, 2.05) is 34.5 Å². The Balaban J connectivity index is 2.01. The third-order valence-electron chi connectivity index (χ3n) is 5.72. The summed E-state index contributed by atoms with van der Waals surface area (Å²) < 4.78 is 1.13. The summed E-state index contributed by atoms with van der Waals surface area (Å²) >= 11 is 9.92. The molecule has 1 aromatic carbocycles. The van der Waals surface area contributed by atoms with Gasteiger partial charge in [-0.05, 0) is 46.7 Å². The maximum atomic E-state index is 13.6. The molecule has 0 unspecified atom stereocenters. The van der Waals surface area contributed by atoms with Gasteiger partial charge in [-0.25, -0.2) is 0 Å². The Hall–Kier alpha value is -2.20. The molecule has 0 radical (unpaired) electrons. The van der Waals surface area contributed by atoms with Gasteiger partial charge in [0.05, 0.1) is 32.5 Å². The average molecular weight is 470 g/mol. The van der Waals surface area contributed by atoms with E-state index in [1.165, 1.54) is 0 Å². The lowest BCUT2D eigenvalue weighted by Crippen LogP contribution is -2.42. The van der Waals surface area contributed by atoms with Gasteiger partial charge in [-0.2, -0.15) is 5.26 Å². The first-order valence-electron chi connectivity index (χ1n) is 10.2. The summed E-state index contributed by atoms with van der Waals surface area (Å²) in [4.78, 5) is 15.4. The van der Waals surface area contributed by atoms with E-state index in [9.17, 15) is 10.1 Å². The van der Waals surface area contributed by atoms with Gasteiger partial charge in [-0.3, -0.25) is 9.69 Å². The van der Waals surface area contributed by atoms with E-state index in [0.29, 0.717) is 40.5 Å². The second-order valence-corrected chi connectivity index (χ2v) is 11.4. The topological polar surface area (TPSA) is 70.1 Å². The predicted molar refractivity (Wildman–Crippen MR) is 129 cm³/mol. The number of nitrogens with zero attached hydrogens (tertiary/aromatic N) is 2. The Morgan fingerprint density at radius 1 is 1.32 bits per heavy atom. The third kappa shape index (κ3) is 3.80. The molecule has 160 valence electrons. The maximum Gasteiger partial charge on any atom is 0.162 e. The molecule has 0 amide bonds. The number of nitriles is 1. The summed E-state index contributed by atoms with van der Waals surface area (Å²) in [6.45, 7) is 6.29. The van der Waals surface area contributed by atoms with Crippen molar-refractivity contribution in [3.63, 3.8) is 0 Å². The van der Waals surface area contributed by atoms with E-state index in [2.05, 4.69) is 26.8 Å². The van der Waals surface area contributed by atoms with Crippen LogP contribution >= 0.6 is 34.7 Å². The van der Waals surface area contributed by atoms with E-state index >= 15 is 0 Å². The second kappa shape index (κ2) is 8.38. The maximum absolute atomic E-state index is 13.6. The van der Waals surface area contributed by atoms with Gasteiger partial charge >= 0.3 is 0 Å². The van der Waals surface area contributed by atoms with Gasteiger partial charge in [-0.15, -0.1) is 23.1 Å². The first kappa shape index (κ1) is 22.0. The van der Waals surface area contributed by atoms with Crippen LogP contribution in [0.25, 0.3) is 0 Å². The van der Waals surface area contributed by atoms with Crippen LogP contribution < -0.4 is 10.6 Å². The minimum atomic E-state index is -0.442. The highest BCUT2D eigenvalue weighted by atomic mass is 35.5. The molecule has 0 spiro atoms. The lowest BCUT2D eigenvalue weighted by Gasteiger charge is -2.44. The fraction of sp³-hybridized carbons (Fsp3) is 0.333. The molecule has 2 N–H and O–H groups in total. The first-order chi connectivity index (χ1) is 14.8. The number of thiophene rings is 1. The monoisotopic (exact) mass is 469 g/mol. The van der Waals surface area contributed by atoms with Crippen LogP contribution in [0.1, 0.15) is 45.1 Å². The summed E-state index contributed by atoms with van der Waals surface area (Å²) in [7, 11) is 0. The molecule has 0 fully saturated rings. The molecule has 1 aromatic heterocycles. The predicted octanol–water partition coefficient (Wildman–Crippen LogP) is 6.45. The lowest BCUT2D eigenvalue weighted by atomic mass is 9.69. The molecule has 0 saturated carbocycles. The highest BCUT2D eigenvalue weighted by Gasteiger charge is 2.45. The summed E-state index contributed by atoms with van der Waals surface area (Å²) in [6.07, 6.45) is 1.12. The number of carbonyl (C=O) groups excluding carboxylic acids is 1. The Morgan fingerprint density at radius 2 is 2.06 bits per heavy atom. The normalized spacial score (nSPS) is 20.7. The van der Waals surface area contributed by atoms with Gasteiger partial charge in [0.2, 0.25) is 0 Å².